The molecule has 10 aromatic rings. The first-order chi connectivity index (χ1) is 48.9. The molecule has 0 atom stereocenters. The second-order valence-electron chi connectivity index (χ2n) is 21.4. The minimum absolute atomic E-state index is 0. The molecule has 4 aliphatic rings. The molecule has 10 heterocycles. The van der Waals surface area contributed by atoms with Crippen molar-refractivity contribution in [3.63, 3.8) is 0 Å². The number of halogens is 8. The topological polar surface area (TPSA) is 182 Å². The fraction of sp³-hybridized carbons (Fsp3) is 0.316. The van der Waals surface area contributed by atoms with Crippen LogP contribution in [-0.2, 0) is 0 Å². The molecule has 0 aromatic carbocycles. The Labute approximate surface area is 669 Å². The van der Waals surface area contributed by atoms with E-state index in [-0.39, 0.29) is 37.7 Å². The van der Waals surface area contributed by atoms with Crippen LogP contribution in [0, 0.1) is 38.1 Å². The minimum Gasteiger partial charge on any atom is -0.265 e. The third kappa shape index (κ3) is 74.3. The van der Waals surface area contributed by atoms with Crippen molar-refractivity contribution < 1.29 is 75.8 Å². The average molecular weight is 1980 g/mol. The second-order valence-corrected chi connectivity index (χ2v) is 92.5. The first-order valence-corrected chi connectivity index (χ1v) is 74.2. The molecule has 10 aromatic heterocycles. The molecule has 0 amide bonds. The predicted molar refractivity (Wildman–Crippen MR) is 418 cm³/mol. The van der Waals surface area contributed by atoms with Gasteiger partial charge in [0.1, 0.15) is 0 Å². The first kappa shape index (κ1) is 98.1. The molecule has 14 rings (SSSR count). The van der Waals surface area contributed by atoms with Crippen LogP contribution in [0.25, 0.3) is 10.6 Å². The van der Waals surface area contributed by atoms with Gasteiger partial charge in [0.2, 0.25) is 0 Å². The molecule has 0 radical (unpaired) electrons. The van der Waals surface area contributed by atoms with E-state index in [0.29, 0.717) is 24.2 Å². The van der Waals surface area contributed by atoms with Gasteiger partial charge >= 0.3 is 137 Å². The molecule has 0 aliphatic heterocycles. The number of hydrogen-bond acceptors (Lipinski definition) is 12. The maximum Gasteiger partial charge on any atom is 1.00 e. The summed E-state index contributed by atoms with van der Waals surface area (Å²) < 4.78 is 0. The number of amidine groups is 2. The fourth-order valence-electron chi connectivity index (χ4n) is 8.96. The van der Waals surface area contributed by atoms with E-state index in [9.17, 15) is 0 Å². The Morgan fingerprint density at radius 3 is 0.451 bits per heavy atom. The van der Waals surface area contributed by atoms with Crippen LogP contribution in [0.3, 0.4) is 0 Å². The van der Waals surface area contributed by atoms with Gasteiger partial charge in [0.05, 0.1) is 0 Å². The number of aromatic nitrogens is 10. The van der Waals surface area contributed by atoms with Crippen molar-refractivity contribution in [1.82, 2.24) is 49.8 Å². The Hall–Kier alpha value is -3.94. The van der Waals surface area contributed by atoms with Crippen LogP contribution in [0.5, 0.6) is 0 Å². The number of rotatable bonds is 4. The molecule has 4 fully saturated rings. The van der Waals surface area contributed by atoms with Gasteiger partial charge in [-0.15, -0.1) is 0 Å². The van der Waals surface area contributed by atoms with E-state index in [0.717, 1.165) is 11.7 Å². The number of aliphatic imine (C=N–C) groups is 2. The third-order valence-corrected chi connectivity index (χ3v) is 13.4. The molecule has 0 unspecified atom stereocenters. The van der Waals surface area contributed by atoms with Crippen LogP contribution in [0.15, 0.2) is 316 Å². The third-order valence-electron chi connectivity index (χ3n) is 13.4. The van der Waals surface area contributed by atoms with Crippen molar-refractivity contribution in [2.45, 2.75) is 153 Å². The van der Waals surface area contributed by atoms with E-state index >= 15 is 0 Å². The summed E-state index contributed by atoms with van der Waals surface area (Å²) in [4.78, 5) is 48.4. The van der Waals surface area contributed by atoms with Crippen molar-refractivity contribution in [3.05, 3.63) is 317 Å². The second kappa shape index (κ2) is 73.9. The zero-order chi connectivity index (χ0) is 71.9. The van der Waals surface area contributed by atoms with Crippen molar-refractivity contribution in [2.75, 3.05) is 0 Å². The van der Waals surface area contributed by atoms with Crippen molar-refractivity contribution in [2.24, 2.45) is 9.98 Å². The summed E-state index contributed by atoms with van der Waals surface area (Å²) in [5.41, 5.74) is 0. The minimum atomic E-state index is -3.45. The smallest absolute Gasteiger partial charge is 0.265 e. The zero-order valence-corrected chi connectivity index (χ0v) is 73.0. The fourth-order valence-corrected chi connectivity index (χ4v) is 8.96. The van der Waals surface area contributed by atoms with Crippen molar-refractivity contribution in [3.8, 4) is 0 Å². The molecular weight excluding hydrogens is 1880 g/mol. The monoisotopic (exact) mass is 1970 g/mol. The number of nitrogens with zero attached hydrogens (tertiary/aromatic N) is 14. The maximum atomic E-state index is 5.29. The quantitative estimate of drug-likeness (QED) is 0.0934. The first-order valence-electron chi connectivity index (χ1n) is 33.5. The van der Waals surface area contributed by atoms with E-state index in [1.165, 1.54) is 128 Å². The summed E-state index contributed by atoms with van der Waals surface area (Å²) in [6, 6.07) is 58.9. The summed E-state index contributed by atoms with van der Waals surface area (Å²) in [7, 11) is 40.4. The summed E-state index contributed by atoms with van der Waals surface area (Å²) >= 11 is -6.90. The van der Waals surface area contributed by atoms with Crippen LogP contribution in [0.4, 0.5) is 0 Å². The van der Waals surface area contributed by atoms with Gasteiger partial charge < -0.3 is 20.6 Å². The Kier molecular flexibility index (Phi) is 71.1. The van der Waals surface area contributed by atoms with Crippen molar-refractivity contribution >= 4 is 72.6 Å². The standard InChI is InChI=1S/C26H44N4.10C5H5N.8ClH.2Li.2U/c1-5-13-21(14-6-1)27-25(28-22-15-7-2-8-16-22)26(29-23-17-9-3-10-18-23)30-24-19-11-4-12-20-24;10*1-2-4-6-5-3-1;;;;;;;;;;;;/h21-24H,1-20H2;10*1-5H;8*1H;;;;/q-2;;;;;;;;;;;;;;;;;;;2*+1;2*+4/p-8. The molecule has 14 nitrogen and oxygen atoms in total. The van der Waals surface area contributed by atoms with Crippen molar-refractivity contribution in [1.29, 1.82) is 0 Å². The van der Waals surface area contributed by atoms with E-state index in [1.54, 1.807) is 124 Å². The van der Waals surface area contributed by atoms with Gasteiger partial charge in [-0.1, -0.05) is 201 Å². The van der Waals surface area contributed by atoms with Crippen LogP contribution in [0.2, 0.25) is 0 Å². The van der Waals surface area contributed by atoms with E-state index in [2.05, 4.69) is 49.8 Å². The van der Waals surface area contributed by atoms with Gasteiger partial charge in [0.25, 0.3) is 0 Å². The molecule has 26 heteroatoms. The molecule has 0 N–H and O–H groups in total. The van der Waals surface area contributed by atoms with Crippen LogP contribution >= 0.6 is 61.0 Å². The molecule has 4 aliphatic carbocycles. The Balaban J connectivity index is 0.00000118. The summed E-state index contributed by atoms with van der Waals surface area (Å²) in [5, 5.41) is 10.6. The molecule has 0 bridgehead atoms. The van der Waals surface area contributed by atoms with Crippen LogP contribution < -0.4 is 37.7 Å². The predicted octanol–water partition coefficient (Wildman–Crippen LogP) is 18.2. The summed E-state index contributed by atoms with van der Waals surface area (Å²) in [5.74, 6) is 1.90. The van der Waals surface area contributed by atoms with Gasteiger partial charge in [-0.3, -0.25) is 49.8 Å². The number of hydrogen-bond donors (Lipinski definition) is 0. The van der Waals surface area contributed by atoms with Gasteiger partial charge in [0, 0.05) is 124 Å². The van der Waals surface area contributed by atoms with E-state index in [4.69, 9.17) is 81.6 Å². The molecule has 0 spiro atoms. The SMILES string of the molecule is C1CCC(N=C([N-]C2CCCCC2)C(=NC2CCCCC2)[N-]C2CCCCC2)CC1.[Cl][U]([Cl])([Cl])[Cl].[Cl][U]([Cl])([Cl])[Cl].[Li+].[Li+].c1ccncc1.c1ccncc1.c1ccncc1.c1ccncc1.c1ccncc1.c1ccncc1.c1ccncc1.c1ccncc1.c1ccncc1.c1ccncc1. The van der Waals surface area contributed by atoms with Gasteiger partial charge in [-0.25, -0.2) is 0 Å². The van der Waals surface area contributed by atoms with E-state index in [1.807, 2.05) is 182 Å². The average Bonchev–Trinajstić information content (AvgIpc) is 0.850. The van der Waals surface area contributed by atoms with Gasteiger partial charge in [0.15, 0.2) is 0 Å². The Bertz CT molecular complexity index is 2350. The van der Waals surface area contributed by atoms with Crippen LogP contribution in [-0.4, -0.2) is 85.7 Å². The molecular formula is C76H94Cl8Li2N14U2. The molecule has 4 saturated carbocycles. The maximum absolute atomic E-state index is 5.29. The van der Waals surface area contributed by atoms with Gasteiger partial charge in [-0.2, -0.15) is 0 Å². The van der Waals surface area contributed by atoms with Crippen LogP contribution in [0.1, 0.15) is 128 Å². The normalized spacial score (nSPS) is 13.9. The number of pyridine rings is 10. The Morgan fingerprint density at radius 1 is 0.216 bits per heavy atom. The van der Waals surface area contributed by atoms with Gasteiger partial charge in [-0.05, 0) is 145 Å². The Morgan fingerprint density at radius 2 is 0.343 bits per heavy atom. The molecule has 534 valence electrons. The summed E-state index contributed by atoms with van der Waals surface area (Å²) in [6.45, 7) is 0. The largest absolute Gasteiger partial charge is 1.00 e. The zero-order valence-electron chi connectivity index (χ0n) is 58.6. The molecule has 0 saturated heterocycles. The van der Waals surface area contributed by atoms with E-state index < -0.39 is 38.1 Å². The molecule has 102 heavy (non-hydrogen) atoms. The summed E-state index contributed by atoms with van der Waals surface area (Å²) in [6.07, 6.45) is 60.8.